The fourth-order valence-corrected chi connectivity index (χ4v) is 3.68. The SMILES string of the molecule is CCCCCCCCCOCCOCCOCCOCCOCCOCCOCCOCCOC(=O)c1ccc(O)cc1. The van der Waals surface area contributed by atoms with Crippen LogP contribution in [0.1, 0.15) is 62.2 Å². The van der Waals surface area contributed by atoms with Crippen LogP contribution in [-0.4, -0.2) is 123 Å². The molecule has 0 atom stereocenters. The van der Waals surface area contributed by atoms with Crippen LogP contribution in [-0.2, 0) is 42.6 Å². The van der Waals surface area contributed by atoms with Crippen molar-refractivity contribution in [1.29, 1.82) is 0 Å². The molecule has 0 aliphatic heterocycles. The highest BCUT2D eigenvalue weighted by molar-refractivity contribution is 5.89. The van der Waals surface area contributed by atoms with Crippen LogP contribution >= 0.6 is 0 Å². The molecule has 0 amide bonds. The van der Waals surface area contributed by atoms with Crippen molar-refractivity contribution in [3.8, 4) is 5.75 Å². The molecule has 0 fully saturated rings. The Morgan fingerprint density at radius 2 is 0.791 bits per heavy atom. The summed E-state index contributed by atoms with van der Waals surface area (Å²) < 4.78 is 48.9. The van der Waals surface area contributed by atoms with Crippen LogP contribution in [0.5, 0.6) is 5.75 Å². The van der Waals surface area contributed by atoms with Gasteiger partial charge < -0.3 is 47.7 Å². The number of hydrogen-bond donors (Lipinski definition) is 1. The highest BCUT2D eigenvalue weighted by Gasteiger charge is 2.06. The van der Waals surface area contributed by atoms with E-state index in [0.717, 1.165) is 13.0 Å². The second kappa shape index (κ2) is 31.6. The van der Waals surface area contributed by atoms with Crippen LogP contribution in [0.15, 0.2) is 24.3 Å². The Labute approximate surface area is 258 Å². The maximum Gasteiger partial charge on any atom is 0.338 e. The van der Waals surface area contributed by atoms with E-state index in [0.29, 0.717) is 98.1 Å². The summed E-state index contributed by atoms with van der Waals surface area (Å²) in [5, 5.41) is 9.23. The molecular weight excluding hydrogens is 560 g/mol. The molecule has 43 heavy (non-hydrogen) atoms. The average molecular weight is 617 g/mol. The zero-order valence-corrected chi connectivity index (χ0v) is 26.3. The topological polar surface area (TPSA) is 120 Å². The molecule has 1 N–H and O–H groups in total. The second-order valence-corrected chi connectivity index (χ2v) is 9.70. The van der Waals surface area contributed by atoms with E-state index in [1.807, 2.05) is 0 Å². The van der Waals surface area contributed by atoms with Crippen LogP contribution in [0.25, 0.3) is 0 Å². The number of phenols is 1. The number of rotatable bonds is 33. The van der Waals surface area contributed by atoms with E-state index in [2.05, 4.69) is 6.92 Å². The van der Waals surface area contributed by atoms with Crippen LogP contribution in [0.2, 0.25) is 0 Å². The fraction of sp³-hybridized carbons (Fsp3) is 0.781. The molecule has 1 rings (SSSR count). The zero-order chi connectivity index (χ0) is 30.9. The molecule has 0 bridgehead atoms. The second-order valence-electron chi connectivity index (χ2n) is 9.70. The van der Waals surface area contributed by atoms with Crippen molar-refractivity contribution >= 4 is 5.97 Å². The zero-order valence-electron chi connectivity index (χ0n) is 26.3. The van der Waals surface area contributed by atoms with Crippen molar-refractivity contribution in [3.63, 3.8) is 0 Å². The third kappa shape index (κ3) is 27.5. The summed E-state index contributed by atoms with van der Waals surface area (Å²) in [7, 11) is 0. The Morgan fingerprint density at radius 1 is 0.465 bits per heavy atom. The molecule has 1 aromatic rings. The Bertz CT molecular complexity index is 718. The van der Waals surface area contributed by atoms with Crippen molar-refractivity contribution in [2.24, 2.45) is 0 Å². The van der Waals surface area contributed by atoms with Gasteiger partial charge in [0.05, 0.1) is 105 Å². The lowest BCUT2D eigenvalue weighted by atomic mass is 10.1. The van der Waals surface area contributed by atoms with Gasteiger partial charge in [-0.2, -0.15) is 0 Å². The van der Waals surface area contributed by atoms with Crippen LogP contribution in [0.3, 0.4) is 0 Å². The highest BCUT2D eigenvalue weighted by atomic mass is 16.6. The minimum Gasteiger partial charge on any atom is -0.508 e. The van der Waals surface area contributed by atoms with Crippen LogP contribution in [0.4, 0.5) is 0 Å². The standard InChI is InChI=1S/C32H56O11/c1-2-3-4-5-6-7-8-13-35-14-15-36-16-17-37-18-19-38-20-21-39-22-23-40-24-25-41-26-27-42-28-29-43-32(34)30-9-11-31(33)12-10-30/h9-12,33H,2-8,13-29H2,1H3. The third-order valence-corrected chi connectivity index (χ3v) is 6.06. The maximum absolute atomic E-state index is 11.8. The maximum atomic E-state index is 11.8. The van der Waals surface area contributed by atoms with Gasteiger partial charge in [0, 0.05) is 6.61 Å². The summed E-state index contributed by atoms with van der Waals surface area (Å²) in [6, 6.07) is 5.87. The summed E-state index contributed by atoms with van der Waals surface area (Å²) in [5.74, 6) is -0.359. The quantitative estimate of drug-likeness (QED) is 0.0892. The van der Waals surface area contributed by atoms with Crippen molar-refractivity contribution < 1.29 is 52.5 Å². The molecule has 0 unspecified atom stereocenters. The van der Waals surface area contributed by atoms with Gasteiger partial charge in [-0.15, -0.1) is 0 Å². The summed E-state index contributed by atoms with van der Waals surface area (Å²) in [5.41, 5.74) is 0.379. The van der Waals surface area contributed by atoms with E-state index >= 15 is 0 Å². The monoisotopic (exact) mass is 616 g/mol. The smallest absolute Gasteiger partial charge is 0.338 e. The molecule has 0 saturated heterocycles. The number of ether oxygens (including phenoxy) is 9. The number of carbonyl (C=O) groups is 1. The Hall–Kier alpha value is -1.83. The largest absolute Gasteiger partial charge is 0.508 e. The van der Waals surface area contributed by atoms with Gasteiger partial charge in [-0.3, -0.25) is 0 Å². The van der Waals surface area contributed by atoms with Gasteiger partial charge in [-0.1, -0.05) is 45.4 Å². The molecule has 1 aromatic carbocycles. The molecule has 250 valence electrons. The summed E-state index contributed by atoms with van der Waals surface area (Å²) in [6.45, 7) is 10.6. The molecule has 11 nitrogen and oxygen atoms in total. The molecule has 0 saturated carbocycles. The lowest BCUT2D eigenvalue weighted by Gasteiger charge is -2.09. The van der Waals surface area contributed by atoms with Gasteiger partial charge in [-0.25, -0.2) is 4.79 Å². The minimum absolute atomic E-state index is 0.0979. The van der Waals surface area contributed by atoms with E-state index in [-0.39, 0.29) is 19.0 Å². The molecule has 0 radical (unpaired) electrons. The van der Waals surface area contributed by atoms with Gasteiger partial charge in [-0.05, 0) is 30.7 Å². The van der Waals surface area contributed by atoms with E-state index in [1.165, 1.54) is 62.8 Å². The molecule has 11 heteroatoms. The number of hydrogen-bond acceptors (Lipinski definition) is 11. The number of phenolic OH excluding ortho intramolecular Hbond substituents is 1. The molecular formula is C32H56O11. The number of aromatic hydroxyl groups is 1. The van der Waals surface area contributed by atoms with E-state index in [9.17, 15) is 9.90 Å². The molecule has 0 aliphatic rings. The van der Waals surface area contributed by atoms with Gasteiger partial charge in [0.1, 0.15) is 12.4 Å². The minimum atomic E-state index is -0.457. The Kier molecular flexibility index (Phi) is 28.8. The van der Waals surface area contributed by atoms with Crippen LogP contribution < -0.4 is 0 Å². The lowest BCUT2D eigenvalue weighted by Crippen LogP contribution is -2.15. The Balaban J connectivity index is 1.66. The number of benzene rings is 1. The fourth-order valence-electron chi connectivity index (χ4n) is 3.68. The van der Waals surface area contributed by atoms with E-state index in [4.69, 9.17) is 42.6 Å². The number of unbranched alkanes of at least 4 members (excludes halogenated alkanes) is 6. The first-order chi connectivity index (χ1) is 21.2. The predicted octanol–water partition coefficient (Wildman–Crippen LogP) is 4.43. The predicted molar refractivity (Wildman–Crippen MR) is 163 cm³/mol. The first-order valence-electron chi connectivity index (χ1n) is 15.8. The van der Waals surface area contributed by atoms with E-state index in [1.54, 1.807) is 0 Å². The van der Waals surface area contributed by atoms with Gasteiger partial charge in [0.15, 0.2) is 0 Å². The molecule has 0 heterocycles. The third-order valence-electron chi connectivity index (χ3n) is 6.06. The number of esters is 1. The molecule has 0 aromatic heterocycles. The lowest BCUT2D eigenvalue weighted by molar-refractivity contribution is -0.0244. The number of carbonyl (C=O) groups excluding carboxylic acids is 1. The first kappa shape index (κ1) is 39.2. The first-order valence-corrected chi connectivity index (χ1v) is 15.8. The van der Waals surface area contributed by atoms with Crippen molar-refractivity contribution in [2.45, 2.75) is 51.9 Å². The Morgan fingerprint density at radius 3 is 1.19 bits per heavy atom. The van der Waals surface area contributed by atoms with E-state index < -0.39 is 5.97 Å². The molecule has 0 aliphatic carbocycles. The van der Waals surface area contributed by atoms with Crippen LogP contribution in [0, 0.1) is 0 Å². The van der Waals surface area contributed by atoms with Gasteiger partial charge in [0.25, 0.3) is 0 Å². The highest BCUT2D eigenvalue weighted by Crippen LogP contribution is 2.10. The average Bonchev–Trinajstić information content (AvgIpc) is 3.02. The van der Waals surface area contributed by atoms with Crippen molar-refractivity contribution in [2.75, 3.05) is 112 Å². The molecule has 0 spiro atoms. The van der Waals surface area contributed by atoms with Gasteiger partial charge >= 0.3 is 5.97 Å². The van der Waals surface area contributed by atoms with Gasteiger partial charge in [0.2, 0.25) is 0 Å². The van der Waals surface area contributed by atoms with Crippen molar-refractivity contribution in [3.05, 3.63) is 29.8 Å². The summed E-state index contributed by atoms with van der Waals surface area (Å²) in [4.78, 5) is 11.8. The summed E-state index contributed by atoms with van der Waals surface area (Å²) >= 11 is 0. The van der Waals surface area contributed by atoms with Crippen molar-refractivity contribution in [1.82, 2.24) is 0 Å². The normalized spacial score (nSPS) is 11.3. The summed E-state index contributed by atoms with van der Waals surface area (Å²) in [6.07, 6.45) is 9.07.